The van der Waals surface area contributed by atoms with Crippen molar-refractivity contribution in [3.05, 3.63) is 57.3 Å². The number of aryl methyl sites for hydroxylation is 1. The van der Waals surface area contributed by atoms with E-state index in [2.05, 4.69) is 0 Å². The molecule has 0 heterocycles. The van der Waals surface area contributed by atoms with Crippen molar-refractivity contribution in [1.82, 2.24) is 0 Å². The lowest BCUT2D eigenvalue weighted by Gasteiger charge is -2.14. The number of rotatable bonds is 3. The lowest BCUT2D eigenvalue weighted by Crippen LogP contribution is -1.97. The molecule has 0 radical (unpaired) electrons. The number of aliphatic hydroxyl groups excluding tert-OH is 1. The van der Waals surface area contributed by atoms with Crippen LogP contribution in [0.4, 0.5) is 4.39 Å². The van der Waals surface area contributed by atoms with Gasteiger partial charge in [-0.2, -0.15) is 0 Å². The summed E-state index contributed by atoms with van der Waals surface area (Å²) in [6.07, 6.45) is -0.759. The number of benzene rings is 2. The molecule has 20 heavy (non-hydrogen) atoms. The van der Waals surface area contributed by atoms with Crippen molar-refractivity contribution in [2.75, 3.05) is 0 Å². The highest BCUT2D eigenvalue weighted by Gasteiger charge is 2.14. The summed E-state index contributed by atoms with van der Waals surface area (Å²) in [5.41, 5.74) is 1.06. The minimum Gasteiger partial charge on any atom is -0.389 e. The molecule has 0 aromatic heterocycles. The van der Waals surface area contributed by atoms with Crippen molar-refractivity contribution in [3.63, 3.8) is 0 Å². The fourth-order valence-electron chi connectivity index (χ4n) is 1.76. The molecule has 106 valence electrons. The zero-order valence-corrected chi connectivity index (χ0v) is 13.3. The molecule has 0 unspecified atom stereocenters. The molecule has 1 nitrogen and oxygen atoms in total. The average Bonchev–Trinajstić information content (AvgIpc) is 2.37. The normalized spacial score (nSPS) is 12.5. The van der Waals surface area contributed by atoms with Gasteiger partial charge >= 0.3 is 0 Å². The fourth-order valence-corrected chi connectivity index (χ4v) is 3.40. The standard InChI is InChI=1S/C15H13Cl2FOS/c1-8-5-14(11(9(2)19)7-13(8)18)20-15-6-10(16)3-4-12(15)17/h3-7,9,19H,1-2H3/t9-/m1/s1. The Morgan fingerprint density at radius 2 is 1.85 bits per heavy atom. The average molecular weight is 331 g/mol. The maximum absolute atomic E-state index is 13.6. The number of hydrogen-bond acceptors (Lipinski definition) is 2. The zero-order chi connectivity index (χ0) is 14.9. The Bertz CT molecular complexity index is 644. The second kappa shape index (κ2) is 6.35. The first-order valence-electron chi connectivity index (χ1n) is 5.99. The van der Waals surface area contributed by atoms with Crippen molar-refractivity contribution < 1.29 is 9.50 Å². The molecule has 0 bridgehead atoms. The summed E-state index contributed by atoms with van der Waals surface area (Å²) in [4.78, 5) is 1.54. The molecule has 0 aliphatic carbocycles. The molecular formula is C15H13Cl2FOS. The molecule has 0 fully saturated rings. The van der Waals surface area contributed by atoms with Gasteiger partial charge in [-0.3, -0.25) is 0 Å². The lowest BCUT2D eigenvalue weighted by molar-refractivity contribution is 0.196. The lowest BCUT2D eigenvalue weighted by atomic mass is 10.1. The summed E-state index contributed by atoms with van der Waals surface area (Å²) < 4.78 is 13.6. The second-order valence-electron chi connectivity index (χ2n) is 4.49. The van der Waals surface area contributed by atoms with Crippen LogP contribution in [0.2, 0.25) is 10.0 Å². The quantitative estimate of drug-likeness (QED) is 0.785. The Morgan fingerprint density at radius 3 is 2.50 bits per heavy atom. The first kappa shape index (κ1) is 15.6. The minimum atomic E-state index is -0.759. The van der Waals surface area contributed by atoms with Crippen LogP contribution >= 0.6 is 35.0 Å². The van der Waals surface area contributed by atoms with Crippen molar-refractivity contribution in [1.29, 1.82) is 0 Å². The van der Waals surface area contributed by atoms with E-state index in [-0.39, 0.29) is 5.82 Å². The van der Waals surface area contributed by atoms with Gasteiger partial charge in [-0.1, -0.05) is 35.0 Å². The Balaban J connectivity index is 2.47. The summed E-state index contributed by atoms with van der Waals surface area (Å²) in [7, 11) is 0. The molecule has 0 saturated heterocycles. The topological polar surface area (TPSA) is 20.2 Å². The molecule has 0 aliphatic heterocycles. The van der Waals surface area contributed by atoms with Gasteiger partial charge in [0.25, 0.3) is 0 Å². The second-order valence-corrected chi connectivity index (χ2v) is 6.42. The molecule has 0 spiro atoms. The van der Waals surface area contributed by atoms with E-state index in [1.165, 1.54) is 17.8 Å². The minimum absolute atomic E-state index is 0.331. The predicted molar refractivity (Wildman–Crippen MR) is 82.4 cm³/mol. The van der Waals surface area contributed by atoms with E-state index in [0.29, 0.717) is 21.2 Å². The monoisotopic (exact) mass is 330 g/mol. The van der Waals surface area contributed by atoms with Gasteiger partial charge in [0, 0.05) is 14.8 Å². The highest BCUT2D eigenvalue weighted by molar-refractivity contribution is 7.99. The highest BCUT2D eigenvalue weighted by Crippen LogP contribution is 2.39. The Morgan fingerprint density at radius 1 is 1.15 bits per heavy atom. The first-order valence-corrected chi connectivity index (χ1v) is 7.56. The number of hydrogen-bond donors (Lipinski definition) is 1. The van der Waals surface area contributed by atoms with Gasteiger partial charge in [-0.05, 0) is 55.3 Å². The first-order chi connectivity index (χ1) is 9.38. The smallest absolute Gasteiger partial charge is 0.126 e. The van der Waals surface area contributed by atoms with Gasteiger partial charge in [0.15, 0.2) is 0 Å². The molecule has 2 aromatic carbocycles. The molecule has 1 atom stereocenters. The fraction of sp³-hybridized carbons (Fsp3) is 0.200. The van der Waals surface area contributed by atoms with Crippen LogP contribution in [0.25, 0.3) is 0 Å². The van der Waals surface area contributed by atoms with E-state index in [1.807, 2.05) is 0 Å². The van der Waals surface area contributed by atoms with Crippen LogP contribution in [0.5, 0.6) is 0 Å². The summed E-state index contributed by atoms with van der Waals surface area (Å²) in [6, 6.07) is 8.24. The third-order valence-electron chi connectivity index (χ3n) is 2.85. The summed E-state index contributed by atoms with van der Waals surface area (Å²) in [5.74, 6) is -0.331. The van der Waals surface area contributed by atoms with Gasteiger partial charge in [0.05, 0.1) is 11.1 Å². The van der Waals surface area contributed by atoms with Crippen molar-refractivity contribution in [2.24, 2.45) is 0 Å². The molecule has 2 rings (SSSR count). The molecular weight excluding hydrogens is 318 g/mol. The number of aliphatic hydroxyl groups is 1. The van der Waals surface area contributed by atoms with Gasteiger partial charge in [0.2, 0.25) is 0 Å². The Kier molecular flexibility index (Phi) is 4.97. The van der Waals surface area contributed by atoms with Crippen molar-refractivity contribution in [2.45, 2.75) is 29.7 Å². The van der Waals surface area contributed by atoms with Crippen molar-refractivity contribution >= 4 is 35.0 Å². The van der Waals surface area contributed by atoms with Crippen LogP contribution in [-0.2, 0) is 0 Å². The van der Waals surface area contributed by atoms with E-state index < -0.39 is 6.10 Å². The van der Waals surface area contributed by atoms with Gasteiger partial charge in [0.1, 0.15) is 5.82 Å². The molecule has 5 heteroatoms. The van der Waals surface area contributed by atoms with E-state index in [0.717, 1.165) is 9.79 Å². The van der Waals surface area contributed by atoms with Crippen molar-refractivity contribution in [3.8, 4) is 0 Å². The van der Waals surface area contributed by atoms with E-state index in [4.69, 9.17) is 23.2 Å². The van der Waals surface area contributed by atoms with Crippen LogP contribution in [0.1, 0.15) is 24.2 Å². The molecule has 0 amide bonds. The molecule has 0 aliphatic rings. The van der Waals surface area contributed by atoms with E-state index in [1.54, 1.807) is 38.1 Å². The number of halogens is 3. The molecule has 2 aromatic rings. The van der Waals surface area contributed by atoms with Crippen LogP contribution in [0.15, 0.2) is 40.1 Å². The Hall–Kier alpha value is -0.740. The third-order valence-corrected chi connectivity index (χ3v) is 4.66. The van der Waals surface area contributed by atoms with Crippen LogP contribution < -0.4 is 0 Å². The zero-order valence-electron chi connectivity index (χ0n) is 11.0. The highest BCUT2D eigenvalue weighted by atomic mass is 35.5. The summed E-state index contributed by atoms with van der Waals surface area (Å²) >= 11 is 13.5. The third kappa shape index (κ3) is 3.47. The van der Waals surface area contributed by atoms with Crippen LogP contribution in [0, 0.1) is 12.7 Å². The van der Waals surface area contributed by atoms with Gasteiger partial charge in [-0.15, -0.1) is 0 Å². The molecule has 1 N–H and O–H groups in total. The largest absolute Gasteiger partial charge is 0.389 e. The molecule has 0 saturated carbocycles. The van der Waals surface area contributed by atoms with Crippen LogP contribution in [-0.4, -0.2) is 5.11 Å². The summed E-state index contributed by atoms with van der Waals surface area (Å²) in [6.45, 7) is 3.29. The maximum atomic E-state index is 13.6. The SMILES string of the molecule is Cc1cc(Sc2cc(Cl)ccc2Cl)c([C@@H](C)O)cc1F. The van der Waals surface area contributed by atoms with E-state index >= 15 is 0 Å². The van der Waals surface area contributed by atoms with Gasteiger partial charge in [-0.25, -0.2) is 4.39 Å². The van der Waals surface area contributed by atoms with E-state index in [9.17, 15) is 9.50 Å². The van der Waals surface area contributed by atoms with Crippen LogP contribution in [0.3, 0.4) is 0 Å². The Labute approximate surface area is 131 Å². The summed E-state index contributed by atoms with van der Waals surface area (Å²) in [5, 5.41) is 10.9. The van der Waals surface area contributed by atoms with Gasteiger partial charge < -0.3 is 5.11 Å². The maximum Gasteiger partial charge on any atom is 0.126 e. The predicted octanol–water partition coefficient (Wildman–Crippen LogP) is 5.65.